The topological polar surface area (TPSA) is 53.0 Å². The number of anilines is 3. The Morgan fingerprint density at radius 3 is 2.47 bits per heavy atom. The van der Waals surface area contributed by atoms with E-state index in [1.54, 1.807) is 25.2 Å². The van der Waals surface area contributed by atoms with Gasteiger partial charge in [-0.25, -0.2) is 8.78 Å². The number of benzene rings is 2. The van der Waals surface area contributed by atoms with Gasteiger partial charge in [-0.05, 0) is 30.3 Å². The lowest BCUT2D eigenvalue weighted by Gasteiger charge is -2.22. The molecule has 0 radical (unpaired) electrons. The Labute approximate surface area is 109 Å². The Morgan fingerprint density at radius 2 is 1.84 bits per heavy atom. The van der Waals surface area contributed by atoms with Gasteiger partial charge in [-0.1, -0.05) is 0 Å². The van der Waals surface area contributed by atoms with Gasteiger partial charge in [0.15, 0.2) is 0 Å². The van der Waals surface area contributed by atoms with Crippen molar-refractivity contribution >= 4 is 17.1 Å². The molecular formula is C14H11F2N3. The van der Waals surface area contributed by atoms with Crippen molar-refractivity contribution in [2.45, 2.75) is 0 Å². The molecule has 0 spiro atoms. The maximum atomic E-state index is 13.7. The summed E-state index contributed by atoms with van der Waals surface area (Å²) in [6, 6.07) is 9.98. The molecule has 2 aromatic carbocycles. The van der Waals surface area contributed by atoms with Gasteiger partial charge in [0.1, 0.15) is 11.6 Å². The van der Waals surface area contributed by atoms with Crippen molar-refractivity contribution in [3.8, 4) is 6.07 Å². The third-order valence-corrected chi connectivity index (χ3v) is 2.79. The first-order valence-electron chi connectivity index (χ1n) is 5.51. The summed E-state index contributed by atoms with van der Waals surface area (Å²) in [5.74, 6) is -1.34. The van der Waals surface area contributed by atoms with Crippen molar-refractivity contribution in [3.05, 3.63) is 53.6 Å². The Balaban J connectivity index is 2.49. The summed E-state index contributed by atoms with van der Waals surface area (Å²) in [5.41, 5.74) is 7.31. The van der Waals surface area contributed by atoms with E-state index in [2.05, 4.69) is 0 Å². The molecule has 0 unspecified atom stereocenters. The van der Waals surface area contributed by atoms with Gasteiger partial charge in [-0.2, -0.15) is 5.26 Å². The molecule has 0 saturated heterocycles. The third-order valence-electron chi connectivity index (χ3n) is 2.79. The van der Waals surface area contributed by atoms with E-state index in [4.69, 9.17) is 11.0 Å². The zero-order valence-electron chi connectivity index (χ0n) is 10.2. The summed E-state index contributed by atoms with van der Waals surface area (Å²) in [7, 11) is 1.60. The highest BCUT2D eigenvalue weighted by atomic mass is 19.1. The van der Waals surface area contributed by atoms with E-state index in [1.807, 2.05) is 6.07 Å². The molecule has 0 aliphatic rings. The van der Waals surface area contributed by atoms with Crippen molar-refractivity contribution in [1.82, 2.24) is 0 Å². The van der Waals surface area contributed by atoms with Gasteiger partial charge in [0.2, 0.25) is 0 Å². The van der Waals surface area contributed by atoms with Crippen molar-refractivity contribution in [3.63, 3.8) is 0 Å². The van der Waals surface area contributed by atoms with Crippen LogP contribution in [-0.2, 0) is 0 Å². The quantitative estimate of drug-likeness (QED) is 0.843. The average Bonchev–Trinajstić information content (AvgIpc) is 2.38. The fourth-order valence-corrected chi connectivity index (χ4v) is 1.79. The van der Waals surface area contributed by atoms with E-state index >= 15 is 0 Å². The predicted octanol–water partition coefficient (Wildman–Crippen LogP) is 3.19. The monoisotopic (exact) mass is 259 g/mol. The van der Waals surface area contributed by atoms with Gasteiger partial charge in [-0.3, -0.25) is 0 Å². The molecule has 0 bridgehead atoms. The van der Waals surface area contributed by atoms with Crippen LogP contribution >= 0.6 is 0 Å². The van der Waals surface area contributed by atoms with Gasteiger partial charge in [-0.15, -0.1) is 0 Å². The summed E-state index contributed by atoms with van der Waals surface area (Å²) in [4.78, 5) is 1.48. The number of rotatable bonds is 2. The molecule has 0 aliphatic carbocycles. The van der Waals surface area contributed by atoms with Crippen LogP contribution in [0.1, 0.15) is 5.56 Å². The number of nitrogens with zero attached hydrogens (tertiary/aromatic N) is 2. The number of nitrogen functional groups attached to an aromatic ring is 1. The first kappa shape index (κ1) is 12.8. The summed E-state index contributed by atoms with van der Waals surface area (Å²) in [6.07, 6.45) is 0. The number of nitriles is 1. The first-order chi connectivity index (χ1) is 9.02. The molecule has 0 amide bonds. The predicted molar refractivity (Wildman–Crippen MR) is 70.0 cm³/mol. The molecule has 96 valence electrons. The van der Waals surface area contributed by atoms with Crippen LogP contribution in [0.25, 0.3) is 0 Å². The van der Waals surface area contributed by atoms with Crippen LogP contribution in [0.5, 0.6) is 0 Å². The van der Waals surface area contributed by atoms with Crippen LogP contribution in [0.2, 0.25) is 0 Å². The molecule has 3 nitrogen and oxygen atoms in total. The SMILES string of the molecule is CN(c1cc(C#N)ccc1N)c1ccc(F)cc1F. The Kier molecular flexibility index (Phi) is 3.34. The zero-order chi connectivity index (χ0) is 14.0. The molecule has 0 fully saturated rings. The van der Waals surface area contributed by atoms with E-state index in [-0.39, 0.29) is 5.69 Å². The van der Waals surface area contributed by atoms with Crippen molar-refractivity contribution < 1.29 is 8.78 Å². The van der Waals surface area contributed by atoms with Crippen LogP contribution in [0.4, 0.5) is 25.8 Å². The van der Waals surface area contributed by atoms with Crippen LogP contribution in [0, 0.1) is 23.0 Å². The molecule has 0 saturated carbocycles. The molecule has 0 atom stereocenters. The second kappa shape index (κ2) is 4.94. The molecule has 0 aliphatic heterocycles. The fraction of sp³-hybridized carbons (Fsp3) is 0.0714. The van der Waals surface area contributed by atoms with Gasteiger partial charge in [0.25, 0.3) is 0 Å². The lowest BCUT2D eigenvalue weighted by atomic mass is 10.1. The van der Waals surface area contributed by atoms with Crippen molar-refractivity contribution in [1.29, 1.82) is 5.26 Å². The molecule has 0 heterocycles. The van der Waals surface area contributed by atoms with Crippen molar-refractivity contribution in [2.75, 3.05) is 17.7 Å². The normalized spacial score (nSPS) is 10.0. The van der Waals surface area contributed by atoms with E-state index in [0.717, 1.165) is 6.07 Å². The van der Waals surface area contributed by atoms with Crippen LogP contribution in [0.3, 0.4) is 0 Å². The highest BCUT2D eigenvalue weighted by Gasteiger charge is 2.13. The Bertz CT molecular complexity index is 662. The van der Waals surface area contributed by atoms with Gasteiger partial charge >= 0.3 is 0 Å². The van der Waals surface area contributed by atoms with Crippen molar-refractivity contribution in [2.24, 2.45) is 0 Å². The van der Waals surface area contributed by atoms with Gasteiger partial charge in [0, 0.05) is 13.1 Å². The minimum atomic E-state index is -0.690. The maximum absolute atomic E-state index is 13.7. The first-order valence-corrected chi connectivity index (χ1v) is 5.51. The van der Waals surface area contributed by atoms with Crippen LogP contribution < -0.4 is 10.6 Å². The van der Waals surface area contributed by atoms with Gasteiger partial charge in [0.05, 0.1) is 28.7 Å². The molecule has 2 rings (SSSR count). The Hall–Kier alpha value is -2.61. The number of hydrogen-bond donors (Lipinski definition) is 1. The molecule has 2 N–H and O–H groups in total. The van der Waals surface area contributed by atoms with E-state index < -0.39 is 11.6 Å². The number of halogens is 2. The smallest absolute Gasteiger partial charge is 0.149 e. The second-order valence-electron chi connectivity index (χ2n) is 4.04. The lowest BCUT2D eigenvalue weighted by Crippen LogP contribution is -2.13. The largest absolute Gasteiger partial charge is 0.397 e. The second-order valence-corrected chi connectivity index (χ2v) is 4.04. The van der Waals surface area contributed by atoms with E-state index in [9.17, 15) is 8.78 Å². The van der Waals surface area contributed by atoms with Crippen LogP contribution in [-0.4, -0.2) is 7.05 Å². The zero-order valence-corrected chi connectivity index (χ0v) is 10.2. The number of hydrogen-bond acceptors (Lipinski definition) is 3. The molecule has 0 aromatic heterocycles. The summed E-state index contributed by atoms with van der Waals surface area (Å²) < 4.78 is 26.6. The minimum Gasteiger partial charge on any atom is -0.397 e. The highest BCUT2D eigenvalue weighted by molar-refractivity contribution is 5.76. The molecule has 5 heteroatoms. The number of nitrogens with two attached hydrogens (primary N) is 1. The van der Waals surface area contributed by atoms with Gasteiger partial charge < -0.3 is 10.6 Å². The summed E-state index contributed by atoms with van der Waals surface area (Å²) in [6.45, 7) is 0. The standard InChI is InChI=1S/C14H11F2N3/c1-19(13-5-3-10(15)7-11(13)16)14-6-9(8-17)2-4-12(14)18/h2-7H,18H2,1H3. The van der Waals surface area contributed by atoms with E-state index in [0.29, 0.717) is 16.9 Å². The fourth-order valence-electron chi connectivity index (χ4n) is 1.79. The van der Waals surface area contributed by atoms with E-state index in [1.165, 1.54) is 17.0 Å². The molecule has 2 aromatic rings. The third kappa shape index (κ3) is 2.47. The van der Waals surface area contributed by atoms with Crippen LogP contribution in [0.15, 0.2) is 36.4 Å². The lowest BCUT2D eigenvalue weighted by molar-refractivity contribution is 0.583. The summed E-state index contributed by atoms with van der Waals surface area (Å²) >= 11 is 0. The molecule has 19 heavy (non-hydrogen) atoms. The highest BCUT2D eigenvalue weighted by Crippen LogP contribution is 2.31. The average molecular weight is 259 g/mol. The summed E-state index contributed by atoms with van der Waals surface area (Å²) in [5, 5.41) is 8.86. The molecular weight excluding hydrogens is 248 g/mol. The maximum Gasteiger partial charge on any atom is 0.149 e. The Morgan fingerprint density at radius 1 is 1.11 bits per heavy atom. The minimum absolute atomic E-state index is 0.184.